The highest BCUT2D eigenvalue weighted by molar-refractivity contribution is 7.89. The van der Waals surface area contributed by atoms with Crippen molar-refractivity contribution in [1.29, 1.82) is 5.26 Å². The molecule has 0 fully saturated rings. The van der Waals surface area contributed by atoms with Crippen molar-refractivity contribution in [3.63, 3.8) is 0 Å². The Balaban J connectivity index is 3.24. The summed E-state index contributed by atoms with van der Waals surface area (Å²) in [6.07, 6.45) is 0. The van der Waals surface area contributed by atoms with Crippen LogP contribution in [0.25, 0.3) is 0 Å². The van der Waals surface area contributed by atoms with Gasteiger partial charge in [-0.1, -0.05) is 20.8 Å². The van der Waals surface area contributed by atoms with E-state index in [1.54, 1.807) is 20.8 Å². The van der Waals surface area contributed by atoms with Gasteiger partial charge >= 0.3 is 5.97 Å². The zero-order chi connectivity index (χ0) is 16.4. The highest BCUT2D eigenvalue weighted by Crippen LogP contribution is 2.22. The van der Waals surface area contributed by atoms with E-state index in [4.69, 9.17) is 10.4 Å². The number of carbonyl (C=O) groups is 1. The van der Waals surface area contributed by atoms with Crippen LogP contribution < -0.4 is 4.72 Å². The molecule has 0 heterocycles. The Bertz CT molecular complexity index is 702. The summed E-state index contributed by atoms with van der Waals surface area (Å²) in [5.41, 5.74) is -1.29. The zero-order valence-corrected chi connectivity index (χ0v) is 12.5. The molecule has 1 unspecified atom stereocenters. The van der Waals surface area contributed by atoms with Crippen LogP contribution >= 0.6 is 0 Å². The molecule has 1 atom stereocenters. The number of benzene rings is 1. The minimum absolute atomic E-state index is 0.365. The molecule has 6 nitrogen and oxygen atoms in total. The van der Waals surface area contributed by atoms with Crippen molar-refractivity contribution >= 4 is 16.0 Å². The Kier molecular flexibility index (Phi) is 4.71. The minimum Gasteiger partial charge on any atom is -0.480 e. The molecule has 0 bridgehead atoms. The van der Waals surface area contributed by atoms with Gasteiger partial charge in [-0.15, -0.1) is 0 Å². The second kappa shape index (κ2) is 5.79. The molecule has 1 aromatic carbocycles. The molecule has 0 aliphatic rings. The summed E-state index contributed by atoms with van der Waals surface area (Å²) in [7, 11) is -4.19. The molecule has 21 heavy (non-hydrogen) atoms. The first-order valence-electron chi connectivity index (χ1n) is 5.94. The summed E-state index contributed by atoms with van der Waals surface area (Å²) in [6.45, 7) is 4.71. The number of rotatable bonds is 4. The minimum atomic E-state index is -4.19. The first-order valence-corrected chi connectivity index (χ1v) is 7.42. The number of nitriles is 1. The van der Waals surface area contributed by atoms with E-state index in [0.717, 1.165) is 18.2 Å². The van der Waals surface area contributed by atoms with Crippen molar-refractivity contribution in [1.82, 2.24) is 4.72 Å². The normalized spacial score (nSPS) is 13.5. The van der Waals surface area contributed by atoms with Gasteiger partial charge in [0.25, 0.3) is 0 Å². The number of hydrogen-bond acceptors (Lipinski definition) is 4. The average molecular weight is 314 g/mol. The van der Waals surface area contributed by atoms with Crippen LogP contribution in [-0.2, 0) is 14.8 Å². The molecule has 0 aliphatic carbocycles. The lowest BCUT2D eigenvalue weighted by atomic mass is 9.88. The van der Waals surface area contributed by atoms with Gasteiger partial charge in [0.2, 0.25) is 10.0 Å². The molecule has 2 N–H and O–H groups in total. The molecule has 0 saturated heterocycles. The topological polar surface area (TPSA) is 107 Å². The number of nitrogens with one attached hydrogen (secondary N) is 1. The third kappa shape index (κ3) is 4.00. The first-order chi connectivity index (χ1) is 9.49. The van der Waals surface area contributed by atoms with Crippen LogP contribution in [0, 0.1) is 22.6 Å². The van der Waals surface area contributed by atoms with Crippen LogP contribution in [0.3, 0.4) is 0 Å². The SMILES string of the molecule is CC(C)(C)C(NS(=O)(=O)c1ccc(F)c(C#N)c1)C(=O)O. The molecule has 1 aromatic rings. The number of carboxylic acids is 1. The fourth-order valence-electron chi connectivity index (χ4n) is 1.58. The highest BCUT2D eigenvalue weighted by atomic mass is 32.2. The molecule has 0 radical (unpaired) electrons. The fraction of sp³-hybridized carbons (Fsp3) is 0.385. The van der Waals surface area contributed by atoms with Gasteiger partial charge in [0.05, 0.1) is 10.5 Å². The third-order valence-electron chi connectivity index (χ3n) is 2.75. The maximum Gasteiger partial charge on any atom is 0.322 e. The third-order valence-corrected chi connectivity index (χ3v) is 4.18. The maximum absolute atomic E-state index is 13.2. The number of aliphatic carboxylic acids is 1. The van der Waals surface area contributed by atoms with E-state index >= 15 is 0 Å². The second-order valence-electron chi connectivity index (χ2n) is 5.51. The quantitative estimate of drug-likeness (QED) is 0.875. The van der Waals surface area contributed by atoms with Gasteiger partial charge in [0, 0.05) is 0 Å². The summed E-state index contributed by atoms with van der Waals surface area (Å²) >= 11 is 0. The lowest BCUT2D eigenvalue weighted by Gasteiger charge is -2.27. The van der Waals surface area contributed by atoms with Gasteiger partial charge in [0.15, 0.2) is 0 Å². The highest BCUT2D eigenvalue weighted by Gasteiger charge is 2.35. The Morgan fingerprint density at radius 1 is 1.43 bits per heavy atom. The molecular formula is C13H15FN2O4S. The predicted octanol–water partition coefficient (Wildman–Crippen LogP) is 1.47. The molecule has 1 rings (SSSR count). The lowest BCUT2D eigenvalue weighted by Crippen LogP contribution is -2.48. The van der Waals surface area contributed by atoms with E-state index in [2.05, 4.69) is 4.72 Å². The average Bonchev–Trinajstić information content (AvgIpc) is 2.34. The van der Waals surface area contributed by atoms with Crippen LogP contribution in [0.4, 0.5) is 4.39 Å². The maximum atomic E-state index is 13.2. The summed E-state index contributed by atoms with van der Waals surface area (Å²) in [5, 5.41) is 17.8. The van der Waals surface area contributed by atoms with Crippen LogP contribution in [0.2, 0.25) is 0 Å². The van der Waals surface area contributed by atoms with Gasteiger partial charge in [-0.05, 0) is 23.6 Å². The Morgan fingerprint density at radius 3 is 2.43 bits per heavy atom. The monoisotopic (exact) mass is 314 g/mol. The summed E-state index contributed by atoms with van der Waals surface area (Å²) in [4.78, 5) is 10.8. The van der Waals surface area contributed by atoms with Gasteiger partial charge in [-0.25, -0.2) is 12.8 Å². The van der Waals surface area contributed by atoms with E-state index in [1.165, 1.54) is 6.07 Å². The van der Waals surface area contributed by atoms with E-state index < -0.39 is 38.8 Å². The molecule has 0 spiro atoms. The largest absolute Gasteiger partial charge is 0.480 e. The molecule has 114 valence electrons. The Hall–Kier alpha value is -1.98. The van der Waals surface area contributed by atoms with E-state index in [-0.39, 0.29) is 4.90 Å². The number of halogens is 1. The summed E-state index contributed by atoms with van der Waals surface area (Å²) in [5.74, 6) is -2.17. The standard InChI is InChI=1S/C13H15FN2O4S/c1-13(2,3)11(12(17)18)16-21(19,20)9-4-5-10(14)8(6-9)7-15/h4-6,11,16H,1-3H3,(H,17,18). The molecule has 0 saturated carbocycles. The number of sulfonamides is 1. The van der Waals surface area contributed by atoms with Crippen molar-refractivity contribution in [2.45, 2.75) is 31.7 Å². The fourth-order valence-corrected chi connectivity index (χ4v) is 3.00. The van der Waals surface area contributed by atoms with Crippen molar-refractivity contribution in [3.8, 4) is 6.07 Å². The smallest absolute Gasteiger partial charge is 0.322 e. The Labute approximate surface area is 122 Å². The van der Waals surface area contributed by atoms with Gasteiger partial charge < -0.3 is 5.11 Å². The summed E-state index contributed by atoms with van der Waals surface area (Å²) < 4.78 is 39.6. The molecule has 0 amide bonds. The van der Waals surface area contributed by atoms with E-state index in [9.17, 15) is 17.6 Å². The lowest BCUT2D eigenvalue weighted by molar-refractivity contribution is -0.141. The summed E-state index contributed by atoms with van der Waals surface area (Å²) in [6, 6.07) is 2.85. The predicted molar refractivity (Wildman–Crippen MR) is 72.3 cm³/mol. The first kappa shape index (κ1) is 17.1. The van der Waals surface area contributed by atoms with E-state index in [1.807, 2.05) is 0 Å². The van der Waals surface area contributed by atoms with Gasteiger partial charge in [-0.3, -0.25) is 4.79 Å². The van der Waals surface area contributed by atoms with Crippen molar-refractivity contribution in [2.24, 2.45) is 5.41 Å². The van der Waals surface area contributed by atoms with Gasteiger partial charge in [-0.2, -0.15) is 9.98 Å². The van der Waals surface area contributed by atoms with Gasteiger partial charge in [0.1, 0.15) is 17.9 Å². The van der Waals surface area contributed by atoms with Crippen molar-refractivity contribution in [2.75, 3.05) is 0 Å². The van der Waals surface area contributed by atoms with Crippen LogP contribution in [0.1, 0.15) is 26.3 Å². The van der Waals surface area contributed by atoms with Crippen LogP contribution in [0.15, 0.2) is 23.1 Å². The van der Waals surface area contributed by atoms with E-state index in [0.29, 0.717) is 0 Å². The molecule has 0 aliphatic heterocycles. The number of nitrogens with zero attached hydrogens (tertiary/aromatic N) is 1. The van der Waals surface area contributed by atoms with Crippen molar-refractivity contribution in [3.05, 3.63) is 29.6 Å². The van der Waals surface area contributed by atoms with Crippen molar-refractivity contribution < 1.29 is 22.7 Å². The molecular weight excluding hydrogens is 299 g/mol. The molecule has 8 heteroatoms. The number of carboxylic acid groups (broad SMARTS) is 1. The van der Waals surface area contributed by atoms with Crippen LogP contribution in [0.5, 0.6) is 0 Å². The molecule has 0 aromatic heterocycles. The second-order valence-corrected chi connectivity index (χ2v) is 7.23. The van der Waals surface area contributed by atoms with Crippen LogP contribution in [-0.4, -0.2) is 25.5 Å². The number of hydrogen-bond donors (Lipinski definition) is 2. The zero-order valence-electron chi connectivity index (χ0n) is 11.7. The Morgan fingerprint density at radius 2 is 2.00 bits per heavy atom.